The van der Waals surface area contributed by atoms with Gasteiger partial charge in [0.1, 0.15) is 23.5 Å². The summed E-state index contributed by atoms with van der Waals surface area (Å²) in [6.07, 6.45) is 1.81. The van der Waals surface area contributed by atoms with Crippen LogP contribution in [-0.4, -0.2) is 112 Å². The Morgan fingerprint density at radius 2 is 1.15 bits per heavy atom. The molecule has 48 heavy (non-hydrogen) atoms. The topological polar surface area (TPSA) is 263 Å². The molecule has 1 aromatic heterocycles. The SMILES string of the molecule is COc1cccc(OC)c1-n1cnc(O)c(S(=O)(=O)c2ccc(B3OC(S(C)(=O)=O)(S(C)(=O)=O)C(S(C)(=O)=O)(S(C)(=O)=O)O3)cc2)c1=O. The zero-order valence-electron chi connectivity index (χ0n) is 25.7. The average molecular weight is 771 g/mol. The zero-order valence-corrected chi connectivity index (χ0v) is 29.8. The highest BCUT2D eigenvalue weighted by Crippen LogP contribution is 2.51. The van der Waals surface area contributed by atoms with Gasteiger partial charge in [0.25, 0.3) is 5.56 Å². The Morgan fingerprint density at radius 1 is 0.729 bits per heavy atom. The Balaban J connectivity index is 1.90. The zero-order chi connectivity index (χ0) is 36.5. The number of para-hydroxylation sites is 1. The van der Waals surface area contributed by atoms with Crippen LogP contribution in [0, 0.1) is 0 Å². The highest BCUT2D eigenvalue weighted by Gasteiger charge is 2.83. The number of hydrogen-bond acceptors (Lipinski definition) is 17. The molecule has 1 aliphatic heterocycles. The van der Waals surface area contributed by atoms with Crippen LogP contribution >= 0.6 is 0 Å². The summed E-state index contributed by atoms with van der Waals surface area (Å²) in [5, 5.41) is 10.4. The van der Waals surface area contributed by atoms with Gasteiger partial charge in [0.05, 0.1) is 19.1 Å². The third kappa shape index (κ3) is 5.38. The van der Waals surface area contributed by atoms with Gasteiger partial charge in [0, 0.05) is 25.0 Å². The van der Waals surface area contributed by atoms with Crippen LogP contribution in [0.4, 0.5) is 0 Å². The van der Waals surface area contributed by atoms with Crippen molar-refractivity contribution in [2.75, 3.05) is 39.2 Å². The monoisotopic (exact) mass is 770 g/mol. The molecule has 1 N–H and O–H groups in total. The second-order valence-corrected chi connectivity index (χ2v) is 21.3. The van der Waals surface area contributed by atoms with Crippen LogP contribution in [0.2, 0.25) is 0 Å². The molecule has 262 valence electrons. The summed E-state index contributed by atoms with van der Waals surface area (Å²) in [6, 6.07) is 7.71. The maximum atomic E-state index is 13.7. The normalized spacial score (nSPS) is 16.8. The molecule has 2 heterocycles. The second kappa shape index (κ2) is 11.8. The number of hydrogen-bond donors (Lipinski definition) is 1. The fraction of sp³-hybridized carbons (Fsp3) is 0.333. The van der Waals surface area contributed by atoms with Gasteiger partial charge >= 0.3 is 15.6 Å². The first-order valence-corrected chi connectivity index (χ1v) is 21.9. The standard InChI is InChI=1S/C24H27BN2O16S5/c1-40-17-8-7-9-18(41-2)19(17)27-14-26-21(28)20(22(27)29)48(38,39)16-12-10-15(11-13-16)25-42-23(44(3,30)31,45(4,32)33)24(43-25,46(5,34)35)47(6,36)37/h7-14,28H,1-6H3. The summed E-state index contributed by atoms with van der Waals surface area (Å²) in [5.74, 6) is -1.03. The molecule has 0 aliphatic carbocycles. The van der Waals surface area contributed by atoms with E-state index in [1.807, 2.05) is 0 Å². The van der Waals surface area contributed by atoms with E-state index in [2.05, 4.69) is 4.98 Å². The summed E-state index contributed by atoms with van der Waals surface area (Å²) in [6.45, 7) is 0. The van der Waals surface area contributed by atoms with Crippen molar-refractivity contribution in [1.29, 1.82) is 0 Å². The number of sulfone groups is 5. The molecule has 1 fully saturated rings. The predicted molar refractivity (Wildman–Crippen MR) is 169 cm³/mol. The molecule has 3 aromatic rings. The van der Waals surface area contributed by atoms with Gasteiger partial charge < -0.3 is 23.9 Å². The first-order valence-electron chi connectivity index (χ1n) is 12.8. The van der Waals surface area contributed by atoms with Crippen LogP contribution in [0.3, 0.4) is 0 Å². The highest BCUT2D eigenvalue weighted by atomic mass is 32.3. The van der Waals surface area contributed by atoms with Crippen LogP contribution in [0.25, 0.3) is 5.69 Å². The van der Waals surface area contributed by atoms with E-state index in [9.17, 15) is 52.0 Å². The summed E-state index contributed by atoms with van der Waals surface area (Å²) >= 11 is 0. The molecule has 24 heteroatoms. The fourth-order valence-electron chi connectivity index (χ4n) is 5.21. The third-order valence-corrected chi connectivity index (χ3v) is 18.5. The summed E-state index contributed by atoms with van der Waals surface area (Å²) in [7, 11) is -26.0. The van der Waals surface area contributed by atoms with Gasteiger partial charge in [-0.25, -0.2) is 47.1 Å². The van der Waals surface area contributed by atoms with E-state index < -0.39 is 91.5 Å². The number of aromatic nitrogens is 2. The van der Waals surface area contributed by atoms with Crippen LogP contribution in [-0.2, 0) is 58.5 Å². The first-order chi connectivity index (χ1) is 21.8. The van der Waals surface area contributed by atoms with E-state index in [1.54, 1.807) is 0 Å². The van der Waals surface area contributed by atoms with E-state index >= 15 is 0 Å². The van der Waals surface area contributed by atoms with Crippen molar-refractivity contribution in [3.63, 3.8) is 0 Å². The molecular weight excluding hydrogens is 743 g/mol. The van der Waals surface area contributed by atoms with Crippen molar-refractivity contribution in [1.82, 2.24) is 9.55 Å². The molecule has 0 amide bonds. The fourth-order valence-corrected chi connectivity index (χ4v) is 17.6. The van der Waals surface area contributed by atoms with Crippen molar-refractivity contribution in [3.8, 4) is 23.1 Å². The van der Waals surface area contributed by atoms with Crippen LogP contribution in [0.15, 0.2) is 63.4 Å². The Bertz CT molecular complexity index is 2260. The Morgan fingerprint density at radius 3 is 1.52 bits per heavy atom. The van der Waals surface area contributed by atoms with Gasteiger partial charge in [0.2, 0.25) is 15.7 Å². The van der Waals surface area contributed by atoms with Crippen molar-refractivity contribution in [2.45, 2.75) is 18.3 Å². The van der Waals surface area contributed by atoms with Gasteiger partial charge in [-0.3, -0.25) is 9.36 Å². The van der Waals surface area contributed by atoms with Gasteiger partial charge in [-0.15, -0.1) is 0 Å². The maximum absolute atomic E-state index is 13.7. The van der Waals surface area contributed by atoms with Crippen LogP contribution in [0.5, 0.6) is 17.4 Å². The van der Waals surface area contributed by atoms with Gasteiger partial charge in [-0.2, -0.15) is 0 Å². The third-order valence-electron chi connectivity index (χ3n) is 7.14. The lowest BCUT2D eigenvalue weighted by molar-refractivity contribution is 0.202. The van der Waals surface area contributed by atoms with E-state index in [4.69, 9.17) is 18.8 Å². The van der Waals surface area contributed by atoms with E-state index in [0.717, 1.165) is 35.2 Å². The number of ether oxygens (including phenoxy) is 2. The lowest BCUT2D eigenvalue weighted by Crippen LogP contribution is -2.67. The lowest BCUT2D eigenvalue weighted by atomic mass is 9.80. The molecule has 18 nitrogen and oxygen atoms in total. The van der Waals surface area contributed by atoms with E-state index in [0.29, 0.717) is 0 Å². The summed E-state index contributed by atoms with van der Waals surface area (Å²) in [5.41, 5.74) is -1.77. The van der Waals surface area contributed by atoms with Crippen molar-refractivity contribution >= 4 is 61.8 Å². The molecule has 0 spiro atoms. The Labute approximate surface area is 276 Å². The quantitative estimate of drug-likeness (QED) is 0.219. The number of benzene rings is 2. The average Bonchev–Trinajstić information content (AvgIpc) is 3.38. The van der Waals surface area contributed by atoms with Crippen LogP contribution < -0.4 is 20.5 Å². The molecule has 0 atom stereocenters. The minimum absolute atomic E-state index is 0.0530. The van der Waals surface area contributed by atoms with Crippen LogP contribution in [0.1, 0.15) is 0 Å². The van der Waals surface area contributed by atoms with E-state index in [-0.39, 0.29) is 42.2 Å². The van der Waals surface area contributed by atoms with Crippen molar-refractivity contribution < 1.29 is 66.0 Å². The summed E-state index contributed by atoms with van der Waals surface area (Å²) < 4.78 is 145. The van der Waals surface area contributed by atoms with Gasteiger partial charge in [-0.05, 0) is 29.7 Å². The van der Waals surface area contributed by atoms with E-state index in [1.165, 1.54) is 32.4 Å². The molecule has 0 bridgehead atoms. The Hall–Kier alpha value is -3.55. The molecule has 0 saturated carbocycles. The van der Waals surface area contributed by atoms with Gasteiger partial charge in [0.15, 0.2) is 44.2 Å². The molecule has 1 aliphatic rings. The largest absolute Gasteiger partial charge is 0.497 e. The minimum atomic E-state index is -5.33. The highest BCUT2D eigenvalue weighted by molar-refractivity contribution is 8.16. The molecule has 1 saturated heterocycles. The predicted octanol–water partition coefficient (Wildman–Crippen LogP) is -1.98. The minimum Gasteiger partial charge on any atom is -0.494 e. The first kappa shape index (κ1) is 37.3. The number of aromatic hydroxyl groups is 1. The number of nitrogens with zero attached hydrogens (tertiary/aromatic N) is 2. The molecule has 0 radical (unpaired) electrons. The van der Waals surface area contributed by atoms with Gasteiger partial charge in [-0.1, -0.05) is 18.2 Å². The molecule has 4 rings (SSSR count). The Kier molecular flexibility index (Phi) is 9.17. The molecule has 2 aromatic carbocycles. The number of rotatable bonds is 10. The molecular formula is C24H27BN2O16S5. The van der Waals surface area contributed by atoms with Crippen molar-refractivity contribution in [2.24, 2.45) is 0 Å². The summed E-state index contributed by atoms with van der Waals surface area (Å²) in [4.78, 5) is 15.3. The van der Waals surface area contributed by atoms with Crippen molar-refractivity contribution in [3.05, 3.63) is 59.1 Å². The number of methoxy groups -OCH3 is 2. The molecule has 0 unspecified atom stereocenters. The maximum Gasteiger partial charge on any atom is 0.497 e. The lowest BCUT2D eigenvalue weighted by Gasteiger charge is -2.37. The second-order valence-electron chi connectivity index (χ2n) is 10.4. The smallest absolute Gasteiger partial charge is 0.494 e.